The standard InChI is InChI=1S/C13H12N2OS/c14-8-12-6-7-13(17-12)9-15-16-10-11-4-2-1-3-5-11/h1-7,15H,9-10H2. The lowest BCUT2D eigenvalue weighted by Gasteiger charge is -2.04. The van der Waals surface area contributed by atoms with Gasteiger partial charge in [0.15, 0.2) is 0 Å². The number of benzene rings is 1. The molecule has 0 saturated heterocycles. The molecule has 0 bridgehead atoms. The van der Waals surface area contributed by atoms with Crippen LogP contribution < -0.4 is 5.48 Å². The number of nitrogens with zero attached hydrogens (tertiary/aromatic N) is 1. The smallest absolute Gasteiger partial charge is 0.110 e. The summed E-state index contributed by atoms with van der Waals surface area (Å²) in [5.41, 5.74) is 4.02. The number of nitriles is 1. The van der Waals surface area contributed by atoms with Gasteiger partial charge in [-0.05, 0) is 17.7 Å². The fourth-order valence-electron chi connectivity index (χ4n) is 1.36. The van der Waals surface area contributed by atoms with Crippen LogP contribution >= 0.6 is 11.3 Å². The van der Waals surface area contributed by atoms with Crippen LogP contribution in [0.15, 0.2) is 42.5 Å². The average Bonchev–Trinajstić information content (AvgIpc) is 2.84. The summed E-state index contributed by atoms with van der Waals surface area (Å²) in [7, 11) is 0. The van der Waals surface area contributed by atoms with Gasteiger partial charge < -0.3 is 0 Å². The summed E-state index contributed by atoms with van der Waals surface area (Å²) < 4.78 is 0. The zero-order valence-electron chi connectivity index (χ0n) is 9.22. The van der Waals surface area contributed by atoms with Gasteiger partial charge in [0.05, 0.1) is 13.2 Å². The minimum atomic E-state index is 0.539. The largest absolute Gasteiger partial charge is 0.297 e. The lowest BCUT2D eigenvalue weighted by Crippen LogP contribution is -2.12. The summed E-state index contributed by atoms with van der Waals surface area (Å²) in [6, 6.07) is 15.8. The van der Waals surface area contributed by atoms with Crippen molar-refractivity contribution in [1.29, 1.82) is 5.26 Å². The molecule has 0 spiro atoms. The molecule has 17 heavy (non-hydrogen) atoms. The Morgan fingerprint density at radius 1 is 1.18 bits per heavy atom. The number of hydrogen-bond acceptors (Lipinski definition) is 4. The van der Waals surface area contributed by atoms with Crippen LogP contribution in [-0.4, -0.2) is 0 Å². The second-order valence-corrected chi connectivity index (χ2v) is 4.64. The van der Waals surface area contributed by atoms with Crippen molar-refractivity contribution in [2.24, 2.45) is 0 Å². The van der Waals surface area contributed by atoms with Crippen molar-refractivity contribution in [2.75, 3.05) is 0 Å². The van der Waals surface area contributed by atoms with Gasteiger partial charge in [0.2, 0.25) is 0 Å². The van der Waals surface area contributed by atoms with E-state index in [2.05, 4.69) is 11.5 Å². The first-order chi connectivity index (χ1) is 8.38. The molecule has 1 aromatic heterocycles. The van der Waals surface area contributed by atoms with Gasteiger partial charge in [0.25, 0.3) is 0 Å². The Kier molecular flexibility index (Phi) is 4.28. The molecule has 0 unspecified atom stereocenters. The van der Waals surface area contributed by atoms with Crippen LogP contribution in [0.3, 0.4) is 0 Å². The highest BCUT2D eigenvalue weighted by Crippen LogP contribution is 2.14. The maximum absolute atomic E-state index is 8.68. The van der Waals surface area contributed by atoms with Crippen LogP contribution in [-0.2, 0) is 18.0 Å². The third-order valence-electron chi connectivity index (χ3n) is 2.20. The third kappa shape index (κ3) is 3.68. The van der Waals surface area contributed by atoms with Crippen molar-refractivity contribution in [3.05, 3.63) is 57.8 Å². The predicted octanol–water partition coefficient (Wildman–Crippen LogP) is 2.84. The molecule has 0 aliphatic carbocycles. The topological polar surface area (TPSA) is 45.0 Å². The van der Waals surface area contributed by atoms with Crippen molar-refractivity contribution in [3.8, 4) is 6.07 Å². The summed E-state index contributed by atoms with van der Waals surface area (Å²) in [4.78, 5) is 7.16. The molecule has 1 heterocycles. The second-order valence-electron chi connectivity index (χ2n) is 3.47. The molecule has 0 radical (unpaired) electrons. The first kappa shape index (κ1) is 11.8. The van der Waals surface area contributed by atoms with Gasteiger partial charge in [-0.2, -0.15) is 10.7 Å². The van der Waals surface area contributed by atoms with Crippen molar-refractivity contribution in [1.82, 2.24) is 5.48 Å². The van der Waals surface area contributed by atoms with Gasteiger partial charge in [0, 0.05) is 4.88 Å². The van der Waals surface area contributed by atoms with Crippen LogP contribution in [0.4, 0.5) is 0 Å². The van der Waals surface area contributed by atoms with Crippen LogP contribution in [0.5, 0.6) is 0 Å². The Bertz CT molecular complexity index is 502. The Morgan fingerprint density at radius 2 is 2.00 bits per heavy atom. The summed E-state index contributed by atoms with van der Waals surface area (Å²) in [5, 5.41) is 8.68. The van der Waals surface area contributed by atoms with E-state index in [-0.39, 0.29) is 0 Å². The molecule has 4 heteroatoms. The molecule has 0 aliphatic heterocycles. The van der Waals surface area contributed by atoms with Crippen molar-refractivity contribution in [2.45, 2.75) is 13.2 Å². The highest BCUT2D eigenvalue weighted by molar-refractivity contribution is 7.12. The van der Waals surface area contributed by atoms with Gasteiger partial charge in [-0.1, -0.05) is 30.3 Å². The number of nitrogens with one attached hydrogen (secondary N) is 1. The molecule has 0 saturated carbocycles. The molecule has 1 N–H and O–H groups in total. The molecule has 2 aromatic rings. The number of hydrogen-bond donors (Lipinski definition) is 1. The zero-order valence-corrected chi connectivity index (χ0v) is 10.0. The number of hydroxylamine groups is 1. The summed E-state index contributed by atoms with van der Waals surface area (Å²) >= 11 is 1.48. The molecule has 0 atom stereocenters. The summed E-state index contributed by atoms with van der Waals surface area (Å²) in [5.74, 6) is 0. The minimum absolute atomic E-state index is 0.539. The molecule has 1 aromatic carbocycles. The van der Waals surface area contributed by atoms with Crippen LogP contribution in [0, 0.1) is 11.3 Å². The Labute approximate surface area is 104 Å². The molecule has 2 rings (SSSR count). The quantitative estimate of drug-likeness (QED) is 0.649. The molecule has 0 aliphatic rings. The maximum Gasteiger partial charge on any atom is 0.110 e. The first-order valence-electron chi connectivity index (χ1n) is 5.26. The van der Waals surface area contributed by atoms with Gasteiger partial charge in [-0.15, -0.1) is 11.3 Å². The zero-order chi connectivity index (χ0) is 11.9. The first-order valence-corrected chi connectivity index (χ1v) is 6.07. The van der Waals surface area contributed by atoms with Crippen molar-refractivity contribution in [3.63, 3.8) is 0 Å². The van der Waals surface area contributed by atoms with E-state index in [0.717, 1.165) is 15.3 Å². The van der Waals surface area contributed by atoms with E-state index >= 15 is 0 Å². The fraction of sp³-hybridized carbons (Fsp3) is 0.154. The lowest BCUT2D eigenvalue weighted by molar-refractivity contribution is 0.0240. The maximum atomic E-state index is 8.68. The molecule has 0 amide bonds. The molecular weight excluding hydrogens is 232 g/mol. The second kappa shape index (κ2) is 6.16. The van der Waals surface area contributed by atoms with Gasteiger partial charge in [0.1, 0.15) is 10.9 Å². The lowest BCUT2D eigenvalue weighted by atomic mass is 10.2. The highest BCUT2D eigenvalue weighted by atomic mass is 32.1. The van der Waals surface area contributed by atoms with Crippen LogP contribution in [0.1, 0.15) is 15.3 Å². The van der Waals surface area contributed by atoms with E-state index in [1.807, 2.05) is 42.5 Å². The fourth-order valence-corrected chi connectivity index (χ4v) is 2.10. The monoisotopic (exact) mass is 244 g/mol. The third-order valence-corrected chi connectivity index (χ3v) is 3.19. The van der Waals surface area contributed by atoms with Gasteiger partial charge in [-0.3, -0.25) is 4.84 Å². The predicted molar refractivity (Wildman–Crippen MR) is 67.1 cm³/mol. The average molecular weight is 244 g/mol. The van der Waals surface area contributed by atoms with Gasteiger partial charge >= 0.3 is 0 Å². The Balaban J connectivity index is 1.72. The SMILES string of the molecule is N#Cc1ccc(CNOCc2ccccc2)s1. The minimum Gasteiger partial charge on any atom is -0.297 e. The van der Waals surface area contributed by atoms with E-state index < -0.39 is 0 Å². The van der Waals surface area contributed by atoms with Crippen molar-refractivity contribution >= 4 is 11.3 Å². The van der Waals surface area contributed by atoms with E-state index in [0.29, 0.717) is 13.2 Å². The molecule has 86 valence electrons. The van der Waals surface area contributed by atoms with E-state index in [9.17, 15) is 0 Å². The van der Waals surface area contributed by atoms with Gasteiger partial charge in [-0.25, -0.2) is 0 Å². The normalized spacial score (nSPS) is 10.1. The van der Waals surface area contributed by atoms with E-state index in [1.165, 1.54) is 11.3 Å². The molecule has 0 fully saturated rings. The van der Waals surface area contributed by atoms with Crippen molar-refractivity contribution < 1.29 is 4.84 Å². The van der Waals surface area contributed by atoms with Crippen LogP contribution in [0.2, 0.25) is 0 Å². The highest BCUT2D eigenvalue weighted by Gasteiger charge is 1.98. The van der Waals surface area contributed by atoms with Crippen LogP contribution in [0.25, 0.3) is 0 Å². The Hall–Kier alpha value is -1.67. The number of thiophene rings is 1. The Morgan fingerprint density at radius 3 is 2.71 bits per heavy atom. The molecule has 3 nitrogen and oxygen atoms in total. The van der Waals surface area contributed by atoms with E-state index in [4.69, 9.17) is 10.1 Å². The molecular formula is C13H12N2OS. The summed E-state index contributed by atoms with van der Waals surface area (Å²) in [6.45, 7) is 1.16. The summed E-state index contributed by atoms with van der Waals surface area (Å²) in [6.07, 6.45) is 0. The number of rotatable bonds is 5. The van der Waals surface area contributed by atoms with E-state index in [1.54, 1.807) is 0 Å².